The first kappa shape index (κ1) is 16.1. The second-order valence-electron chi connectivity index (χ2n) is 5.11. The Labute approximate surface area is 139 Å². The van der Waals surface area contributed by atoms with Gasteiger partial charge in [-0.1, -0.05) is 12.1 Å². The Bertz CT molecular complexity index is 880. The van der Waals surface area contributed by atoms with Gasteiger partial charge in [0.05, 0.1) is 36.4 Å². The van der Waals surface area contributed by atoms with Gasteiger partial charge in [-0.3, -0.25) is 9.52 Å². The maximum atomic E-state index is 12.6. The number of carbonyl (C=O) groups excluding carboxylic acids is 1. The Kier molecular flexibility index (Phi) is 4.30. The first-order chi connectivity index (χ1) is 11.5. The number of sulfonamides is 1. The highest BCUT2D eigenvalue weighted by molar-refractivity contribution is 7.92. The van der Waals surface area contributed by atoms with Gasteiger partial charge in [-0.2, -0.15) is 0 Å². The third-order valence-corrected chi connectivity index (χ3v) is 4.84. The summed E-state index contributed by atoms with van der Waals surface area (Å²) in [7, 11) is -2.38. The van der Waals surface area contributed by atoms with Crippen molar-refractivity contribution < 1.29 is 22.7 Å². The number of hydrogen-bond acceptors (Lipinski definition) is 5. The van der Waals surface area contributed by atoms with Crippen LogP contribution in [0.15, 0.2) is 47.4 Å². The smallest absolute Gasteiger partial charge is 0.262 e. The fourth-order valence-electron chi connectivity index (χ4n) is 2.30. The first-order valence-electron chi connectivity index (χ1n) is 7.22. The van der Waals surface area contributed by atoms with E-state index >= 15 is 0 Å². The van der Waals surface area contributed by atoms with Crippen LogP contribution >= 0.6 is 0 Å². The molecule has 24 heavy (non-hydrogen) atoms. The summed E-state index contributed by atoms with van der Waals surface area (Å²) in [6.07, 6.45) is 0.218. The molecule has 0 radical (unpaired) electrons. The van der Waals surface area contributed by atoms with Gasteiger partial charge in [0.15, 0.2) is 0 Å². The van der Waals surface area contributed by atoms with E-state index in [9.17, 15) is 13.2 Å². The third-order valence-electron chi connectivity index (χ3n) is 3.47. The van der Waals surface area contributed by atoms with E-state index in [1.54, 1.807) is 24.3 Å². The van der Waals surface area contributed by atoms with Crippen LogP contribution in [0.1, 0.15) is 6.42 Å². The lowest BCUT2D eigenvalue weighted by molar-refractivity contribution is -0.116. The minimum Gasteiger partial charge on any atom is -0.495 e. The molecule has 7 nitrogen and oxygen atoms in total. The molecule has 1 amide bonds. The van der Waals surface area contributed by atoms with Gasteiger partial charge in [0.1, 0.15) is 11.5 Å². The van der Waals surface area contributed by atoms with Gasteiger partial charge in [0, 0.05) is 0 Å². The summed E-state index contributed by atoms with van der Waals surface area (Å²) in [6.45, 7) is 0.254. The Balaban J connectivity index is 1.94. The third kappa shape index (κ3) is 3.28. The minimum atomic E-state index is -3.85. The summed E-state index contributed by atoms with van der Waals surface area (Å²) in [4.78, 5) is 11.6. The number of ether oxygens (including phenoxy) is 2. The lowest BCUT2D eigenvalue weighted by atomic mass is 10.3. The van der Waals surface area contributed by atoms with E-state index in [1.165, 1.54) is 25.3 Å². The highest BCUT2D eigenvalue weighted by Gasteiger charge is 2.20. The highest BCUT2D eigenvalue weighted by Crippen LogP contribution is 2.31. The molecule has 2 N–H and O–H groups in total. The number of rotatable bonds is 4. The molecule has 1 aliphatic rings. The summed E-state index contributed by atoms with van der Waals surface area (Å²) in [5, 5.41) is 2.64. The zero-order valence-electron chi connectivity index (χ0n) is 12.9. The lowest BCUT2D eigenvalue weighted by Gasteiger charge is -2.13. The standard InChI is InChI=1S/C16H16N2O5S/c1-22-14-5-3-2-4-12(14)18-24(20,21)11-6-7-15-13(10-11)17-16(19)8-9-23-15/h2-7,10,18H,8-9H2,1H3,(H,17,19). The van der Waals surface area contributed by atoms with Crippen molar-refractivity contribution in [3.63, 3.8) is 0 Å². The van der Waals surface area contributed by atoms with Crippen molar-refractivity contribution in [3.05, 3.63) is 42.5 Å². The summed E-state index contributed by atoms with van der Waals surface area (Å²) >= 11 is 0. The van der Waals surface area contributed by atoms with Crippen LogP contribution in [0.25, 0.3) is 0 Å². The van der Waals surface area contributed by atoms with Crippen molar-refractivity contribution >= 4 is 27.3 Å². The molecule has 0 aromatic heterocycles. The summed E-state index contributed by atoms with van der Waals surface area (Å²) < 4.78 is 38.3. The molecule has 0 spiro atoms. The van der Waals surface area contributed by atoms with Crippen molar-refractivity contribution in [2.24, 2.45) is 0 Å². The van der Waals surface area contributed by atoms with Gasteiger partial charge in [-0.25, -0.2) is 8.42 Å². The monoisotopic (exact) mass is 348 g/mol. The number of anilines is 2. The quantitative estimate of drug-likeness (QED) is 0.884. The van der Waals surface area contributed by atoms with Gasteiger partial charge in [0.25, 0.3) is 10.0 Å². The molecule has 2 aromatic rings. The molecule has 3 rings (SSSR count). The summed E-state index contributed by atoms with van der Waals surface area (Å²) in [6, 6.07) is 11.0. The van der Waals surface area contributed by atoms with Crippen molar-refractivity contribution in [1.82, 2.24) is 0 Å². The number of carbonyl (C=O) groups is 1. The molecule has 8 heteroatoms. The van der Waals surface area contributed by atoms with Crippen LogP contribution in [-0.4, -0.2) is 28.0 Å². The van der Waals surface area contributed by atoms with Crippen LogP contribution in [0, 0.1) is 0 Å². The zero-order chi connectivity index (χ0) is 17.2. The number of para-hydroxylation sites is 2. The van der Waals surface area contributed by atoms with Gasteiger partial charge in [-0.15, -0.1) is 0 Å². The molecule has 0 bridgehead atoms. The number of methoxy groups -OCH3 is 1. The predicted octanol–water partition coefficient (Wildman–Crippen LogP) is 2.22. The van der Waals surface area contributed by atoms with Crippen molar-refractivity contribution in [2.45, 2.75) is 11.3 Å². The molecule has 2 aromatic carbocycles. The van der Waals surface area contributed by atoms with Crippen LogP contribution in [-0.2, 0) is 14.8 Å². The molecular formula is C16H16N2O5S. The highest BCUT2D eigenvalue weighted by atomic mass is 32.2. The van der Waals surface area contributed by atoms with Crippen LogP contribution in [0.4, 0.5) is 11.4 Å². The minimum absolute atomic E-state index is 0.0120. The lowest BCUT2D eigenvalue weighted by Crippen LogP contribution is -2.14. The predicted molar refractivity (Wildman–Crippen MR) is 89.0 cm³/mol. The van der Waals surface area contributed by atoms with E-state index in [2.05, 4.69) is 10.0 Å². The van der Waals surface area contributed by atoms with Gasteiger partial charge < -0.3 is 14.8 Å². The summed E-state index contributed by atoms with van der Waals surface area (Å²) in [5.74, 6) is 0.630. The van der Waals surface area contributed by atoms with Crippen LogP contribution in [0.5, 0.6) is 11.5 Å². The van der Waals surface area contributed by atoms with Crippen LogP contribution in [0.2, 0.25) is 0 Å². The van der Waals surface area contributed by atoms with Gasteiger partial charge >= 0.3 is 0 Å². The second kappa shape index (κ2) is 6.40. The summed E-state index contributed by atoms with van der Waals surface area (Å²) in [5.41, 5.74) is 0.663. The van der Waals surface area contributed by atoms with Crippen molar-refractivity contribution in [1.29, 1.82) is 0 Å². The van der Waals surface area contributed by atoms with E-state index < -0.39 is 10.0 Å². The van der Waals surface area contributed by atoms with Gasteiger partial charge in [-0.05, 0) is 30.3 Å². The molecule has 0 fully saturated rings. The Hall–Kier alpha value is -2.74. The van der Waals surface area contributed by atoms with E-state index in [0.717, 1.165) is 0 Å². The molecule has 0 saturated carbocycles. The molecule has 1 aliphatic heterocycles. The zero-order valence-corrected chi connectivity index (χ0v) is 13.7. The number of hydrogen-bond donors (Lipinski definition) is 2. The molecule has 1 heterocycles. The molecule has 126 valence electrons. The van der Waals surface area contributed by atoms with Crippen molar-refractivity contribution in [2.75, 3.05) is 23.8 Å². The normalized spacial score (nSPS) is 14.0. The number of nitrogens with one attached hydrogen (secondary N) is 2. The van der Waals surface area contributed by atoms with Crippen LogP contribution < -0.4 is 19.5 Å². The molecule has 0 atom stereocenters. The van der Waals surface area contributed by atoms with Gasteiger partial charge in [0.2, 0.25) is 5.91 Å². The van der Waals surface area contributed by atoms with E-state index in [1.807, 2.05) is 0 Å². The largest absolute Gasteiger partial charge is 0.495 e. The fourth-order valence-corrected chi connectivity index (χ4v) is 3.40. The van der Waals surface area contributed by atoms with Crippen LogP contribution in [0.3, 0.4) is 0 Å². The molecule has 0 aliphatic carbocycles. The van der Waals surface area contributed by atoms with E-state index in [0.29, 0.717) is 22.9 Å². The average Bonchev–Trinajstić information content (AvgIpc) is 2.74. The van der Waals surface area contributed by atoms with Crippen molar-refractivity contribution in [3.8, 4) is 11.5 Å². The number of benzene rings is 2. The second-order valence-corrected chi connectivity index (χ2v) is 6.79. The van der Waals surface area contributed by atoms with E-state index in [-0.39, 0.29) is 23.8 Å². The fraction of sp³-hybridized carbons (Fsp3) is 0.188. The Morgan fingerprint density at radius 3 is 2.79 bits per heavy atom. The first-order valence-corrected chi connectivity index (χ1v) is 8.70. The molecule has 0 unspecified atom stereocenters. The molecule has 0 saturated heterocycles. The maximum Gasteiger partial charge on any atom is 0.262 e. The van der Waals surface area contributed by atoms with E-state index in [4.69, 9.17) is 9.47 Å². The Morgan fingerprint density at radius 2 is 2.00 bits per heavy atom. The average molecular weight is 348 g/mol. The SMILES string of the molecule is COc1ccccc1NS(=O)(=O)c1ccc2c(c1)NC(=O)CCO2. The topological polar surface area (TPSA) is 93.7 Å². The number of amides is 1. The Morgan fingerprint density at radius 1 is 1.21 bits per heavy atom. The number of fused-ring (bicyclic) bond motifs is 1. The maximum absolute atomic E-state index is 12.6. The molecular weight excluding hydrogens is 332 g/mol.